The fourth-order valence-corrected chi connectivity index (χ4v) is 2.80. The lowest BCUT2D eigenvalue weighted by atomic mass is 9.81. The van der Waals surface area contributed by atoms with E-state index < -0.39 is 11.8 Å². The summed E-state index contributed by atoms with van der Waals surface area (Å²) in [6.07, 6.45) is 5.64. The summed E-state index contributed by atoms with van der Waals surface area (Å²) in [6.45, 7) is 0. The van der Waals surface area contributed by atoms with Crippen molar-refractivity contribution in [2.45, 2.75) is 38.0 Å². The van der Waals surface area contributed by atoms with E-state index >= 15 is 0 Å². The number of primary amides is 2. The van der Waals surface area contributed by atoms with E-state index in [0.717, 1.165) is 31.2 Å². The molecule has 4 N–H and O–H groups in total. The Kier molecular flexibility index (Phi) is 3.65. The van der Waals surface area contributed by atoms with Gasteiger partial charge in [-0.3, -0.25) is 9.59 Å². The van der Waals surface area contributed by atoms with Crippen molar-refractivity contribution >= 4 is 11.8 Å². The smallest absolute Gasteiger partial charge is 0.249 e. The first kappa shape index (κ1) is 12.6. The van der Waals surface area contributed by atoms with Gasteiger partial charge in [-0.15, -0.1) is 0 Å². The molecule has 0 atom stereocenters. The molecule has 0 spiro atoms. The molecule has 4 heteroatoms. The number of hydrogen-bond acceptors (Lipinski definition) is 2. The molecule has 1 fully saturated rings. The number of carbonyl (C=O) groups is 2. The Morgan fingerprint density at radius 2 is 1.67 bits per heavy atom. The van der Waals surface area contributed by atoms with Crippen molar-refractivity contribution < 1.29 is 9.59 Å². The van der Waals surface area contributed by atoms with Crippen LogP contribution in [0.4, 0.5) is 0 Å². The summed E-state index contributed by atoms with van der Waals surface area (Å²) in [5.74, 6) is -0.841. The summed E-state index contributed by atoms with van der Waals surface area (Å²) >= 11 is 0. The zero-order valence-electron chi connectivity index (χ0n) is 10.3. The van der Waals surface area contributed by atoms with E-state index in [1.54, 1.807) is 12.1 Å². The maximum Gasteiger partial charge on any atom is 0.249 e. The van der Waals surface area contributed by atoms with Gasteiger partial charge in [-0.2, -0.15) is 0 Å². The van der Waals surface area contributed by atoms with Crippen LogP contribution in [-0.2, 0) is 0 Å². The lowest BCUT2D eigenvalue weighted by Crippen LogP contribution is -2.23. The summed E-state index contributed by atoms with van der Waals surface area (Å²) in [4.78, 5) is 23.0. The highest BCUT2D eigenvalue weighted by Gasteiger charge is 2.23. The van der Waals surface area contributed by atoms with E-state index in [2.05, 4.69) is 0 Å². The molecular weight excluding hydrogens is 228 g/mol. The molecule has 0 bridgehead atoms. The molecule has 0 radical (unpaired) electrons. The lowest BCUT2D eigenvalue weighted by molar-refractivity contribution is 0.0966. The normalized spacial score (nSPS) is 16.4. The van der Waals surface area contributed by atoms with Crippen LogP contribution < -0.4 is 11.5 Å². The summed E-state index contributed by atoms with van der Waals surface area (Å²) in [5, 5.41) is 0. The Labute approximate surface area is 106 Å². The van der Waals surface area contributed by atoms with Gasteiger partial charge in [0, 0.05) is 0 Å². The number of rotatable bonds is 3. The van der Waals surface area contributed by atoms with Crippen LogP contribution in [-0.4, -0.2) is 11.8 Å². The van der Waals surface area contributed by atoms with Crippen molar-refractivity contribution in [3.05, 3.63) is 34.9 Å². The second-order valence-electron chi connectivity index (χ2n) is 4.83. The second kappa shape index (κ2) is 5.21. The predicted octanol–water partition coefficient (Wildman–Crippen LogP) is 1.93. The van der Waals surface area contributed by atoms with Crippen molar-refractivity contribution in [2.24, 2.45) is 11.5 Å². The summed E-state index contributed by atoms with van der Waals surface area (Å²) in [6, 6.07) is 5.23. The molecule has 0 heterocycles. The van der Waals surface area contributed by atoms with E-state index in [-0.39, 0.29) is 5.56 Å². The molecule has 1 saturated carbocycles. The van der Waals surface area contributed by atoms with Crippen LogP contribution in [0.25, 0.3) is 0 Å². The molecule has 96 valence electrons. The minimum atomic E-state index is -0.596. The molecule has 1 aliphatic rings. The van der Waals surface area contributed by atoms with Crippen molar-refractivity contribution in [1.29, 1.82) is 0 Å². The van der Waals surface area contributed by atoms with E-state index in [0.29, 0.717) is 11.5 Å². The fraction of sp³-hybridized carbons (Fsp3) is 0.429. The third-order valence-electron chi connectivity index (χ3n) is 3.65. The highest BCUT2D eigenvalue weighted by Crippen LogP contribution is 2.35. The number of carbonyl (C=O) groups excluding carboxylic acids is 2. The Morgan fingerprint density at radius 3 is 2.22 bits per heavy atom. The van der Waals surface area contributed by atoms with E-state index in [9.17, 15) is 9.59 Å². The zero-order chi connectivity index (χ0) is 13.1. The molecule has 18 heavy (non-hydrogen) atoms. The minimum absolute atomic E-state index is 0.241. The van der Waals surface area contributed by atoms with Crippen molar-refractivity contribution in [1.82, 2.24) is 0 Å². The minimum Gasteiger partial charge on any atom is -0.366 e. The van der Waals surface area contributed by atoms with Gasteiger partial charge in [-0.25, -0.2) is 0 Å². The first-order chi connectivity index (χ1) is 8.61. The van der Waals surface area contributed by atoms with Gasteiger partial charge in [0.1, 0.15) is 0 Å². The third-order valence-corrected chi connectivity index (χ3v) is 3.65. The largest absolute Gasteiger partial charge is 0.366 e. The molecule has 0 unspecified atom stereocenters. The van der Waals surface area contributed by atoms with Gasteiger partial charge in [0.25, 0.3) is 0 Å². The Balaban J connectivity index is 2.48. The monoisotopic (exact) mass is 246 g/mol. The lowest BCUT2D eigenvalue weighted by Gasteiger charge is -2.24. The summed E-state index contributed by atoms with van der Waals surface area (Å²) in [5.41, 5.74) is 12.2. The third kappa shape index (κ3) is 2.37. The number of amides is 2. The van der Waals surface area contributed by atoms with Crippen LogP contribution in [0.2, 0.25) is 0 Å². The molecule has 1 aromatic carbocycles. The molecule has 2 amide bonds. The molecule has 0 aliphatic heterocycles. The highest BCUT2D eigenvalue weighted by molar-refractivity contribution is 6.07. The van der Waals surface area contributed by atoms with Gasteiger partial charge in [-0.1, -0.05) is 31.4 Å². The van der Waals surface area contributed by atoms with E-state index in [1.165, 1.54) is 6.42 Å². The predicted molar refractivity (Wildman–Crippen MR) is 69.3 cm³/mol. The van der Waals surface area contributed by atoms with Gasteiger partial charge < -0.3 is 11.5 Å². The summed E-state index contributed by atoms with van der Waals surface area (Å²) < 4.78 is 0. The maximum absolute atomic E-state index is 11.6. The van der Waals surface area contributed by atoms with E-state index in [1.807, 2.05) is 6.07 Å². The maximum atomic E-state index is 11.6. The van der Waals surface area contributed by atoms with Crippen molar-refractivity contribution in [3.8, 4) is 0 Å². The first-order valence-corrected chi connectivity index (χ1v) is 6.33. The molecule has 0 saturated heterocycles. The molecule has 1 aliphatic carbocycles. The van der Waals surface area contributed by atoms with Gasteiger partial charge >= 0.3 is 0 Å². The quantitative estimate of drug-likeness (QED) is 0.853. The molecular formula is C14H18N2O2. The topological polar surface area (TPSA) is 86.2 Å². The average molecular weight is 246 g/mol. The summed E-state index contributed by atoms with van der Waals surface area (Å²) in [7, 11) is 0. The van der Waals surface area contributed by atoms with Crippen LogP contribution in [0.15, 0.2) is 18.2 Å². The SMILES string of the molecule is NC(=O)c1cccc(C2CCCCC2)c1C(N)=O. The zero-order valence-corrected chi connectivity index (χ0v) is 10.3. The number of nitrogens with two attached hydrogens (primary N) is 2. The van der Waals surface area contributed by atoms with Crippen LogP contribution in [0.1, 0.15) is 64.3 Å². The van der Waals surface area contributed by atoms with Gasteiger partial charge in [0.15, 0.2) is 0 Å². The Bertz CT molecular complexity index is 477. The van der Waals surface area contributed by atoms with Crippen LogP contribution in [0, 0.1) is 0 Å². The van der Waals surface area contributed by atoms with Crippen LogP contribution in [0.3, 0.4) is 0 Å². The van der Waals surface area contributed by atoms with Gasteiger partial charge in [-0.05, 0) is 30.4 Å². The molecule has 2 rings (SSSR count). The Morgan fingerprint density at radius 1 is 1.00 bits per heavy atom. The number of benzene rings is 1. The van der Waals surface area contributed by atoms with Crippen molar-refractivity contribution in [3.63, 3.8) is 0 Å². The second-order valence-corrected chi connectivity index (χ2v) is 4.83. The molecule has 1 aromatic rings. The Hall–Kier alpha value is -1.84. The standard InChI is InChI=1S/C14H18N2O2/c15-13(17)11-8-4-7-10(12(11)14(16)18)9-5-2-1-3-6-9/h4,7-9H,1-3,5-6H2,(H2,15,17)(H2,16,18). The van der Waals surface area contributed by atoms with Gasteiger partial charge in [0.2, 0.25) is 11.8 Å². The number of hydrogen-bond donors (Lipinski definition) is 2. The highest BCUT2D eigenvalue weighted by atomic mass is 16.2. The fourth-order valence-electron chi connectivity index (χ4n) is 2.80. The average Bonchev–Trinajstić information content (AvgIpc) is 2.38. The molecule has 4 nitrogen and oxygen atoms in total. The van der Waals surface area contributed by atoms with Gasteiger partial charge in [0.05, 0.1) is 11.1 Å². The first-order valence-electron chi connectivity index (χ1n) is 6.33. The van der Waals surface area contributed by atoms with Crippen molar-refractivity contribution in [2.75, 3.05) is 0 Å². The van der Waals surface area contributed by atoms with E-state index in [4.69, 9.17) is 11.5 Å². The van der Waals surface area contributed by atoms with Crippen LogP contribution in [0.5, 0.6) is 0 Å². The molecule has 0 aromatic heterocycles. The van der Waals surface area contributed by atoms with Crippen LogP contribution >= 0.6 is 0 Å².